The Morgan fingerprint density at radius 3 is 3.05 bits per heavy atom. The molecule has 20 heavy (non-hydrogen) atoms. The lowest BCUT2D eigenvalue weighted by atomic mass is 10.3. The number of halogens is 1. The number of nitrogens with two attached hydrogens (primary N) is 1. The second-order valence-corrected chi connectivity index (χ2v) is 4.47. The maximum absolute atomic E-state index is 11.7. The van der Waals surface area contributed by atoms with Gasteiger partial charge in [-0.1, -0.05) is 17.7 Å². The second-order valence-electron chi connectivity index (χ2n) is 4.09. The average molecular weight is 295 g/mol. The molecule has 2 aromatic rings. The number of rotatable bonds is 5. The van der Waals surface area contributed by atoms with E-state index in [1.807, 2.05) is 18.2 Å². The fourth-order valence-corrected chi connectivity index (χ4v) is 1.81. The number of ether oxygens (including phenoxy) is 1. The van der Waals surface area contributed by atoms with Crippen molar-refractivity contribution in [1.29, 1.82) is 0 Å². The predicted molar refractivity (Wildman–Crippen MR) is 78.8 cm³/mol. The summed E-state index contributed by atoms with van der Waals surface area (Å²) < 4.78 is 6.60. The Hall–Kier alpha value is -2.05. The van der Waals surface area contributed by atoms with Crippen molar-refractivity contribution in [1.82, 2.24) is 9.78 Å². The minimum Gasteiger partial charge on any atom is -0.492 e. The standard InChI is InChI=1S/C13H15ClN4O2/c1-18-13(19)12(14)11(8-16-18)17-9-3-2-4-10(7-9)20-6-5-15/h2-4,7-8,17H,5-6,15H2,1H3. The number of hydrogen-bond donors (Lipinski definition) is 2. The summed E-state index contributed by atoms with van der Waals surface area (Å²) in [6.07, 6.45) is 1.50. The topological polar surface area (TPSA) is 82.2 Å². The molecule has 0 saturated carbocycles. The highest BCUT2D eigenvalue weighted by Crippen LogP contribution is 2.24. The number of anilines is 2. The Labute approximate surface area is 121 Å². The van der Waals surface area contributed by atoms with E-state index in [-0.39, 0.29) is 10.6 Å². The van der Waals surface area contributed by atoms with E-state index in [0.29, 0.717) is 24.6 Å². The summed E-state index contributed by atoms with van der Waals surface area (Å²) in [7, 11) is 1.54. The minimum atomic E-state index is -0.354. The molecule has 0 amide bonds. The van der Waals surface area contributed by atoms with Crippen LogP contribution in [0.5, 0.6) is 5.75 Å². The Morgan fingerprint density at radius 2 is 2.30 bits per heavy atom. The van der Waals surface area contributed by atoms with Gasteiger partial charge in [-0.2, -0.15) is 5.10 Å². The van der Waals surface area contributed by atoms with E-state index in [1.54, 1.807) is 13.1 Å². The third-order valence-corrected chi connectivity index (χ3v) is 2.94. The molecule has 106 valence electrons. The summed E-state index contributed by atoms with van der Waals surface area (Å²) in [5.74, 6) is 0.688. The summed E-state index contributed by atoms with van der Waals surface area (Å²) in [5.41, 5.74) is 6.23. The van der Waals surface area contributed by atoms with Gasteiger partial charge in [-0.3, -0.25) is 4.79 Å². The van der Waals surface area contributed by atoms with Crippen LogP contribution in [0, 0.1) is 0 Å². The molecule has 0 atom stereocenters. The van der Waals surface area contributed by atoms with Crippen molar-refractivity contribution in [2.24, 2.45) is 12.8 Å². The predicted octanol–water partition coefficient (Wildman–Crippen LogP) is 1.51. The SMILES string of the molecule is Cn1ncc(Nc2cccc(OCCN)c2)c(Cl)c1=O. The first-order valence-corrected chi connectivity index (χ1v) is 6.41. The fourth-order valence-electron chi connectivity index (χ4n) is 1.59. The molecule has 0 bridgehead atoms. The van der Waals surface area contributed by atoms with Crippen LogP contribution >= 0.6 is 11.6 Å². The molecule has 0 fully saturated rings. The Bertz CT molecular complexity index is 657. The van der Waals surface area contributed by atoms with Crippen LogP contribution in [0.4, 0.5) is 11.4 Å². The molecule has 1 aromatic heterocycles. The molecule has 0 radical (unpaired) electrons. The lowest BCUT2D eigenvalue weighted by Gasteiger charge is -2.10. The highest BCUT2D eigenvalue weighted by Gasteiger charge is 2.07. The molecule has 0 aliphatic rings. The van der Waals surface area contributed by atoms with Gasteiger partial charge in [0.05, 0.1) is 11.9 Å². The van der Waals surface area contributed by atoms with Crippen molar-refractivity contribution in [2.45, 2.75) is 0 Å². The van der Waals surface area contributed by atoms with Crippen LogP contribution in [-0.4, -0.2) is 22.9 Å². The smallest absolute Gasteiger partial charge is 0.287 e. The van der Waals surface area contributed by atoms with Gasteiger partial charge in [-0.15, -0.1) is 0 Å². The Kier molecular flexibility index (Phi) is 4.60. The molecule has 3 N–H and O–H groups in total. The largest absolute Gasteiger partial charge is 0.492 e. The molecule has 0 aliphatic heterocycles. The zero-order chi connectivity index (χ0) is 14.5. The van der Waals surface area contributed by atoms with Gasteiger partial charge in [-0.05, 0) is 12.1 Å². The maximum Gasteiger partial charge on any atom is 0.287 e. The molecular formula is C13H15ClN4O2. The van der Waals surface area contributed by atoms with Crippen LogP contribution in [0.25, 0.3) is 0 Å². The van der Waals surface area contributed by atoms with Crippen molar-refractivity contribution in [3.8, 4) is 5.75 Å². The van der Waals surface area contributed by atoms with Crippen molar-refractivity contribution in [2.75, 3.05) is 18.5 Å². The first kappa shape index (κ1) is 14.4. The van der Waals surface area contributed by atoms with Crippen molar-refractivity contribution in [3.05, 3.63) is 45.8 Å². The van der Waals surface area contributed by atoms with E-state index in [4.69, 9.17) is 22.1 Å². The lowest BCUT2D eigenvalue weighted by molar-refractivity contribution is 0.328. The minimum absolute atomic E-state index is 0.0933. The van der Waals surface area contributed by atoms with E-state index in [9.17, 15) is 4.79 Å². The highest BCUT2D eigenvalue weighted by atomic mass is 35.5. The zero-order valence-electron chi connectivity index (χ0n) is 11.0. The third kappa shape index (κ3) is 3.28. The van der Waals surface area contributed by atoms with Gasteiger partial charge in [0, 0.05) is 25.3 Å². The van der Waals surface area contributed by atoms with E-state index in [0.717, 1.165) is 5.69 Å². The monoisotopic (exact) mass is 294 g/mol. The number of hydrogen-bond acceptors (Lipinski definition) is 5. The molecule has 6 nitrogen and oxygen atoms in total. The Balaban J connectivity index is 2.22. The fraction of sp³-hybridized carbons (Fsp3) is 0.231. The molecule has 0 saturated heterocycles. The van der Waals surface area contributed by atoms with E-state index >= 15 is 0 Å². The van der Waals surface area contributed by atoms with Crippen LogP contribution in [0.2, 0.25) is 5.02 Å². The number of benzene rings is 1. The molecular weight excluding hydrogens is 280 g/mol. The summed E-state index contributed by atoms with van der Waals surface area (Å²) in [4.78, 5) is 11.7. The van der Waals surface area contributed by atoms with Gasteiger partial charge < -0.3 is 15.8 Å². The van der Waals surface area contributed by atoms with Gasteiger partial charge in [0.25, 0.3) is 5.56 Å². The normalized spacial score (nSPS) is 10.3. The molecule has 2 rings (SSSR count). The Morgan fingerprint density at radius 1 is 1.50 bits per heavy atom. The summed E-state index contributed by atoms with van der Waals surface area (Å²) >= 11 is 5.99. The van der Waals surface area contributed by atoms with Crippen LogP contribution < -0.4 is 21.3 Å². The van der Waals surface area contributed by atoms with Crippen LogP contribution in [-0.2, 0) is 7.05 Å². The average Bonchev–Trinajstić information content (AvgIpc) is 2.46. The van der Waals surface area contributed by atoms with Crippen molar-refractivity contribution in [3.63, 3.8) is 0 Å². The molecule has 0 aliphatic carbocycles. The number of aryl methyl sites for hydroxylation is 1. The summed E-state index contributed by atoms with van der Waals surface area (Å²) in [5, 5.41) is 7.05. The van der Waals surface area contributed by atoms with Gasteiger partial charge in [-0.25, -0.2) is 4.68 Å². The zero-order valence-corrected chi connectivity index (χ0v) is 11.7. The van der Waals surface area contributed by atoms with Crippen molar-refractivity contribution >= 4 is 23.0 Å². The molecule has 7 heteroatoms. The van der Waals surface area contributed by atoms with Crippen LogP contribution in [0.3, 0.4) is 0 Å². The lowest BCUT2D eigenvalue weighted by Crippen LogP contribution is -2.20. The van der Waals surface area contributed by atoms with Gasteiger partial charge >= 0.3 is 0 Å². The summed E-state index contributed by atoms with van der Waals surface area (Å²) in [6.45, 7) is 0.889. The van der Waals surface area contributed by atoms with Gasteiger partial charge in [0.2, 0.25) is 0 Å². The van der Waals surface area contributed by atoms with Crippen LogP contribution in [0.15, 0.2) is 35.3 Å². The maximum atomic E-state index is 11.7. The van der Waals surface area contributed by atoms with Gasteiger partial charge in [0.15, 0.2) is 0 Å². The first-order valence-electron chi connectivity index (χ1n) is 6.03. The third-order valence-electron chi connectivity index (χ3n) is 2.58. The van der Waals surface area contributed by atoms with Crippen LogP contribution in [0.1, 0.15) is 0 Å². The number of nitrogens with one attached hydrogen (secondary N) is 1. The first-order chi connectivity index (χ1) is 9.61. The molecule has 0 unspecified atom stereocenters. The van der Waals surface area contributed by atoms with E-state index in [1.165, 1.54) is 10.9 Å². The van der Waals surface area contributed by atoms with Crippen molar-refractivity contribution < 1.29 is 4.74 Å². The van der Waals surface area contributed by atoms with E-state index < -0.39 is 0 Å². The number of aromatic nitrogens is 2. The van der Waals surface area contributed by atoms with E-state index in [2.05, 4.69) is 10.4 Å². The quantitative estimate of drug-likeness (QED) is 0.873. The van der Waals surface area contributed by atoms with Gasteiger partial charge in [0.1, 0.15) is 17.4 Å². The second kappa shape index (κ2) is 6.40. The number of nitrogens with zero attached hydrogens (tertiary/aromatic N) is 2. The summed E-state index contributed by atoms with van der Waals surface area (Å²) in [6, 6.07) is 7.29. The molecule has 1 heterocycles. The highest BCUT2D eigenvalue weighted by molar-refractivity contribution is 6.33. The molecule has 1 aromatic carbocycles. The molecule has 0 spiro atoms.